The molecule has 0 aromatic rings. The first-order valence-corrected chi connectivity index (χ1v) is 7.85. The molecule has 1 saturated carbocycles. The van der Waals surface area contributed by atoms with Crippen molar-refractivity contribution in [3.63, 3.8) is 0 Å². The van der Waals surface area contributed by atoms with E-state index >= 15 is 0 Å². The zero-order chi connectivity index (χ0) is 13.6. The Bertz CT molecular complexity index is 213. The molecule has 1 fully saturated rings. The van der Waals surface area contributed by atoms with Crippen molar-refractivity contribution in [3.05, 3.63) is 0 Å². The lowest BCUT2D eigenvalue weighted by atomic mass is 9.82. The molecular weight excluding hydrogens is 220 g/mol. The van der Waals surface area contributed by atoms with E-state index in [9.17, 15) is 0 Å². The van der Waals surface area contributed by atoms with Crippen LogP contribution in [-0.2, 0) is 0 Å². The summed E-state index contributed by atoms with van der Waals surface area (Å²) in [6, 6.07) is 0.828. The van der Waals surface area contributed by atoms with Gasteiger partial charge >= 0.3 is 0 Å². The van der Waals surface area contributed by atoms with Crippen molar-refractivity contribution in [2.45, 2.75) is 65.3 Å². The maximum Gasteiger partial charge on any atom is 0.00926 e. The van der Waals surface area contributed by atoms with Crippen molar-refractivity contribution in [1.29, 1.82) is 0 Å². The molecule has 1 aliphatic carbocycles. The van der Waals surface area contributed by atoms with E-state index in [0.29, 0.717) is 5.41 Å². The van der Waals surface area contributed by atoms with Crippen molar-refractivity contribution in [1.82, 2.24) is 10.2 Å². The van der Waals surface area contributed by atoms with Crippen LogP contribution < -0.4 is 5.32 Å². The van der Waals surface area contributed by atoms with Gasteiger partial charge < -0.3 is 10.2 Å². The first-order valence-electron chi connectivity index (χ1n) is 7.85. The summed E-state index contributed by atoms with van der Waals surface area (Å²) in [5.41, 5.74) is 0.432. The number of nitrogens with zero attached hydrogens (tertiary/aromatic N) is 1. The molecule has 108 valence electrons. The molecule has 1 N–H and O–H groups in total. The number of hydrogen-bond donors (Lipinski definition) is 1. The third kappa shape index (κ3) is 4.89. The molecule has 0 aromatic heterocycles. The predicted molar refractivity (Wildman–Crippen MR) is 81.0 cm³/mol. The SMILES string of the molecule is CCCC(C)(CNC)CN(C)C1CCC(C)CC1. The van der Waals surface area contributed by atoms with Crippen LogP contribution in [0.25, 0.3) is 0 Å². The van der Waals surface area contributed by atoms with Gasteiger partial charge in [-0.15, -0.1) is 0 Å². The lowest BCUT2D eigenvalue weighted by Crippen LogP contribution is -2.45. The van der Waals surface area contributed by atoms with Gasteiger partial charge in [0.1, 0.15) is 0 Å². The van der Waals surface area contributed by atoms with E-state index in [1.165, 1.54) is 45.1 Å². The normalized spacial score (nSPS) is 28.3. The Labute approximate surface area is 115 Å². The van der Waals surface area contributed by atoms with E-state index < -0.39 is 0 Å². The molecule has 0 saturated heterocycles. The number of rotatable bonds is 7. The first kappa shape index (κ1) is 16.0. The van der Waals surface area contributed by atoms with Crippen molar-refractivity contribution in [2.24, 2.45) is 11.3 Å². The third-order valence-electron chi connectivity index (χ3n) is 4.70. The van der Waals surface area contributed by atoms with E-state index in [2.05, 4.69) is 45.1 Å². The fourth-order valence-corrected chi connectivity index (χ4v) is 3.67. The summed E-state index contributed by atoms with van der Waals surface area (Å²) in [7, 11) is 4.42. The lowest BCUT2D eigenvalue weighted by Gasteiger charge is -2.40. The van der Waals surface area contributed by atoms with E-state index in [1.54, 1.807) is 0 Å². The molecule has 18 heavy (non-hydrogen) atoms. The summed E-state index contributed by atoms with van der Waals surface area (Å²) in [5.74, 6) is 0.953. The second kappa shape index (κ2) is 7.49. The van der Waals surface area contributed by atoms with Gasteiger partial charge in [-0.3, -0.25) is 0 Å². The molecule has 0 heterocycles. The van der Waals surface area contributed by atoms with Gasteiger partial charge in [-0.25, -0.2) is 0 Å². The monoisotopic (exact) mass is 254 g/mol. The van der Waals surface area contributed by atoms with Crippen LogP contribution in [0.4, 0.5) is 0 Å². The van der Waals surface area contributed by atoms with Gasteiger partial charge in [0.05, 0.1) is 0 Å². The van der Waals surface area contributed by atoms with Crippen LogP contribution in [0.2, 0.25) is 0 Å². The van der Waals surface area contributed by atoms with Gasteiger partial charge in [0.15, 0.2) is 0 Å². The Morgan fingerprint density at radius 3 is 2.33 bits per heavy atom. The van der Waals surface area contributed by atoms with Gasteiger partial charge in [0.25, 0.3) is 0 Å². The highest BCUT2D eigenvalue weighted by molar-refractivity contribution is 4.84. The molecule has 0 radical (unpaired) electrons. The highest BCUT2D eigenvalue weighted by Crippen LogP contribution is 2.30. The van der Waals surface area contributed by atoms with Gasteiger partial charge in [0.2, 0.25) is 0 Å². The zero-order valence-corrected chi connectivity index (χ0v) is 13.3. The van der Waals surface area contributed by atoms with Crippen molar-refractivity contribution >= 4 is 0 Å². The van der Waals surface area contributed by atoms with E-state index in [1.807, 2.05) is 0 Å². The zero-order valence-electron chi connectivity index (χ0n) is 13.3. The smallest absolute Gasteiger partial charge is 0.00926 e. The molecule has 2 nitrogen and oxygen atoms in total. The summed E-state index contributed by atoms with van der Waals surface area (Å²) in [6.45, 7) is 9.51. The fraction of sp³-hybridized carbons (Fsp3) is 1.00. The highest BCUT2D eigenvalue weighted by atomic mass is 15.1. The van der Waals surface area contributed by atoms with E-state index in [0.717, 1.165) is 18.5 Å². The second-order valence-electron chi connectivity index (χ2n) is 6.92. The second-order valence-corrected chi connectivity index (χ2v) is 6.92. The van der Waals surface area contributed by atoms with Crippen LogP contribution >= 0.6 is 0 Å². The average molecular weight is 254 g/mol. The molecule has 2 heteroatoms. The topological polar surface area (TPSA) is 15.3 Å². The van der Waals surface area contributed by atoms with Crippen LogP contribution in [-0.4, -0.2) is 38.1 Å². The Balaban J connectivity index is 2.47. The van der Waals surface area contributed by atoms with Gasteiger partial charge in [0, 0.05) is 19.1 Å². The Morgan fingerprint density at radius 1 is 1.22 bits per heavy atom. The Morgan fingerprint density at radius 2 is 1.83 bits per heavy atom. The molecular formula is C16H34N2. The van der Waals surface area contributed by atoms with Crippen molar-refractivity contribution in [3.8, 4) is 0 Å². The largest absolute Gasteiger partial charge is 0.319 e. The van der Waals surface area contributed by atoms with Crippen molar-refractivity contribution in [2.75, 3.05) is 27.2 Å². The lowest BCUT2D eigenvalue weighted by molar-refractivity contribution is 0.106. The van der Waals surface area contributed by atoms with Gasteiger partial charge in [-0.2, -0.15) is 0 Å². The predicted octanol–water partition coefficient (Wildman–Crippen LogP) is 3.52. The van der Waals surface area contributed by atoms with Gasteiger partial charge in [-0.1, -0.05) is 27.2 Å². The molecule has 1 atom stereocenters. The van der Waals surface area contributed by atoms with Crippen LogP contribution in [0.1, 0.15) is 59.3 Å². The molecule has 0 amide bonds. The summed E-state index contributed by atoms with van der Waals surface area (Å²) < 4.78 is 0. The molecule has 0 bridgehead atoms. The molecule has 0 aliphatic heterocycles. The maximum atomic E-state index is 3.38. The summed E-state index contributed by atoms with van der Waals surface area (Å²) in [6.07, 6.45) is 8.25. The highest BCUT2D eigenvalue weighted by Gasteiger charge is 2.28. The van der Waals surface area contributed by atoms with Crippen LogP contribution in [0.3, 0.4) is 0 Å². The Hall–Kier alpha value is -0.0800. The third-order valence-corrected chi connectivity index (χ3v) is 4.70. The summed E-state index contributed by atoms with van der Waals surface area (Å²) in [4.78, 5) is 2.64. The maximum absolute atomic E-state index is 3.38. The molecule has 0 aromatic carbocycles. The van der Waals surface area contributed by atoms with Crippen molar-refractivity contribution < 1.29 is 0 Å². The van der Waals surface area contributed by atoms with Crippen LogP contribution in [0, 0.1) is 11.3 Å². The molecule has 1 aliphatic rings. The minimum absolute atomic E-state index is 0.432. The van der Waals surface area contributed by atoms with Crippen LogP contribution in [0.15, 0.2) is 0 Å². The average Bonchev–Trinajstić information content (AvgIpc) is 2.30. The molecule has 1 rings (SSSR count). The summed E-state index contributed by atoms with van der Waals surface area (Å²) >= 11 is 0. The minimum Gasteiger partial charge on any atom is -0.319 e. The first-order chi connectivity index (χ1) is 8.50. The summed E-state index contributed by atoms with van der Waals surface area (Å²) in [5, 5.41) is 3.38. The fourth-order valence-electron chi connectivity index (χ4n) is 3.67. The van der Waals surface area contributed by atoms with Gasteiger partial charge in [-0.05, 0) is 57.5 Å². The molecule has 0 spiro atoms. The number of hydrogen-bond acceptors (Lipinski definition) is 2. The minimum atomic E-state index is 0.432. The number of nitrogens with one attached hydrogen (secondary N) is 1. The quantitative estimate of drug-likeness (QED) is 0.748. The van der Waals surface area contributed by atoms with Crippen LogP contribution in [0.5, 0.6) is 0 Å². The standard InChI is InChI=1S/C16H34N2/c1-6-11-16(3,12-17-4)13-18(5)15-9-7-14(2)8-10-15/h14-15,17H,6-13H2,1-5H3. The van der Waals surface area contributed by atoms with E-state index in [-0.39, 0.29) is 0 Å². The Kier molecular flexibility index (Phi) is 6.65. The van der Waals surface area contributed by atoms with E-state index in [4.69, 9.17) is 0 Å². The molecule has 1 unspecified atom stereocenters.